The third-order valence-electron chi connectivity index (χ3n) is 4.50. The van der Waals surface area contributed by atoms with E-state index in [1.807, 2.05) is 30.3 Å². The molecule has 0 bridgehead atoms. The van der Waals surface area contributed by atoms with Crippen LogP contribution in [0, 0.1) is 0 Å². The summed E-state index contributed by atoms with van der Waals surface area (Å²) in [6, 6.07) is 15.0. The topological polar surface area (TPSA) is 80.3 Å². The van der Waals surface area contributed by atoms with Crippen molar-refractivity contribution >= 4 is 31.3 Å². The van der Waals surface area contributed by atoms with Crippen LogP contribution in [0.4, 0.5) is 0 Å². The van der Waals surface area contributed by atoms with E-state index < -0.39 is 31.0 Å². The van der Waals surface area contributed by atoms with Gasteiger partial charge in [-0.1, -0.05) is 41.9 Å². The third kappa shape index (κ3) is 4.46. The molecule has 2 unspecified atom stereocenters. The molecule has 0 radical (unpaired) electrons. The van der Waals surface area contributed by atoms with E-state index >= 15 is 0 Å². The summed E-state index contributed by atoms with van der Waals surface area (Å²) in [5.74, 6) is -0.528. The Balaban J connectivity index is 1.76. The molecule has 1 N–H and O–H groups in total. The van der Waals surface area contributed by atoms with Gasteiger partial charge in [-0.15, -0.1) is 0 Å². The quantitative estimate of drug-likeness (QED) is 0.784. The van der Waals surface area contributed by atoms with Gasteiger partial charge >= 0.3 is 0 Å². The number of halogens is 1. The zero-order chi connectivity index (χ0) is 18.8. The van der Waals surface area contributed by atoms with Crippen LogP contribution in [-0.2, 0) is 26.1 Å². The molecule has 5 nitrogen and oxygen atoms in total. The number of rotatable bonds is 6. The van der Waals surface area contributed by atoms with Gasteiger partial charge in [0, 0.05) is 11.1 Å². The lowest BCUT2D eigenvalue weighted by molar-refractivity contribution is 0.528. The molecule has 2 atom stereocenters. The van der Waals surface area contributed by atoms with Crippen molar-refractivity contribution in [3.05, 3.63) is 65.2 Å². The van der Waals surface area contributed by atoms with Crippen LogP contribution in [0.15, 0.2) is 59.5 Å². The molecule has 0 aliphatic carbocycles. The maximum absolute atomic E-state index is 12.9. The Bertz CT molecular complexity index is 958. The molecule has 2 aromatic carbocycles. The van der Waals surface area contributed by atoms with Gasteiger partial charge in [0.25, 0.3) is 0 Å². The van der Waals surface area contributed by atoms with Crippen LogP contribution >= 0.6 is 11.6 Å². The summed E-state index contributed by atoms with van der Waals surface area (Å²) in [6.07, 6.45) is 0.700. The van der Waals surface area contributed by atoms with Crippen molar-refractivity contribution in [3.63, 3.8) is 0 Å². The third-order valence-corrected chi connectivity index (χ3v) is 8.92. The van der Waals surface area contributed by atoms with E-state index in [1.165, 1.54) is 24.3 Å². The number of nitrogens with one attached hydrogen (secondary N) is 1. The van der Waals surface area contributed by atoms with E-state index in [1.54, 1.807) is 0 Å². The lowest BCUT2D eigenvalue weighted by Crippen LogP contribution is -2.44. The Morgan fingerprint density at radius 3 is 2.31 bits per heavy atom. The molecule has 8 heteroatoms. The van der Waals surface area contributed by atoms with Crippen molar-refractivity contribution in [2.45, 2.75) is 22.6 Å². The summed E-state index contributed by atoms with van der Waals surface area (Å²) in [5, 5.41) is 2.57. The molecule has 140 valence electrons. The summed E-state index contributed by atoms with van der Waals surface area (Å²) >= 11 is 5.82. The van der Waals surface area contributed by atoms with Gasteiger partial charge < -0.3 is 5.32 Å². The summed E-state index contributed by atoms with van der Waals surface area (Å²) < 4.78 is 50.0. The molecule has 0 aromatic heterocycles. The average molecular weight is 414 g/mol. The van der Waals surface area contributed by atoms with Crippen molar-refractivity contribution < 1.29 is 16.8 Å². The first-order valence-corrected chi connectivity index (χ1v) is 12.0. The van der Waals surface area contributed by atoms with Gasteiger partial charge in [-0.3, -0.25) is 0 Å². The number of hydrogen-bond acceptors (Lipinski definition) is 5. The average Bonchev–Trinajstić information content (AvgIpc) is 2.92. The van der Waals surface area contributed by atoms with E-state index in [9.17, 15) is 16.8 Å². The summed E-state index contributed by atoms with van der Waals surface area (Å²) in [5.41, 5.74) is 1.11. The Kier molecular flexibility index (Phi) is 5.72. The molecule has 1 fully saturated rings. The van der Waals surface area contributed by atoms with Crippen LogP contribution in [0.3, 0.4) is 0 Å². The molecule has 0 spiro atoms. The highest BCUT2D eigenvalue weighted by Gasteiger charge is 2.45. The van der Waals surface area contributed by atoms with Crippen molar-refractivity contribution in [2.24, 2.45) is 0 Å². The molecular weight excluding hydrogens is 394 g/mol. The first kappa shape index (κ1) is 19.4. The molecule has 0 saturated carbocycles. The summed E-state index contributed by atoms with van der Waals surface area (Å²) in [6.45, 7) is 0.511. The second-order valence-corrected chi connectivity index (χ2v) is 11.2. The monoisotopic (exact) mass is 413 g/mol. The van der Waals surface area contributed by atoms with Crippen molar-refractivity contribution in [1.82, 2.24) is 5.32 Å². The Morgan fingerprint density at radius 1 is 1.00 bits per heavy atom. The first-order chi connectivity index (χ1) is 12.3. The van der Waals surface area contributed by atoms with Crippen LogP contribution in [0.25, 0.3) is 0 Å². The second-order valence-electron chi connectivity index (χ2n) is 6.41. The highest BCUT2D eigenvalue weighted by Crippen LogP contribution is 2.26. The number of hydrogen-bond donors (Lipinski definition) is 1. The van der Waals surface area contributed by atoms with Crippen LogP contribution in [0.1, 0.15) is 5.56 Å². The van der Waals surface area contributed by atoms with Crippen LogP contribution in [-0.4, -0.2) is 46.2 Å². The van der Waals surface area contributed by atoms with Gasteiger partial charge in [-0.05, 0) is 42.8 Å². The SMILES string of the molecule is O=S1(=O)CC(NCCc2ccccc2)C(S(=O)(=O)c2ccc(Cl)cc2)C1. The predicted octanol–water partition coefficient (Wildman–Crippen LogP) is 2.11. The Labute approximate surface area is 159 Å². The lowest BCUT2D eigenvalue weighted by Gasteiger charge is -2.20. The zero-order valence-corrected chi connectivity index (χ0v) is 16.4. The van der Waals surface area contributed by atoms with E-state index in [-0.39, 0.29) is 16.4 Å². The fourth-order valence-electron chi connectivity index (χ4n) is 3.16. The van der Waals surface area contributed by atoms with Crippen molar-refractivity contribution in [2.75, 3.05) is 18.1 Å². The molecular formula is C18H20ClNO4S2. The molecule has 1 heterocycles. The molecule has 1 aliphatic rings. The molecule has 1 aliphatic heterocycles. The van der Waals surface area contributed by atoms with Gasteiger partial charge in [0.15, 0.2) is 19.7 Å². The minimum atomic E-state index is -3.77. The number of benzene rings is 2. The molecule has 1 saturated heterocycles. The molecule has 2 aromatic rings. The fraction of sp³-hybridized carbons (Fsp3) is 0.333. The van der Waals surface area contributed by atoms with E-state index in [4.69, 9.17) is 11.6 Å². The van der Waals surface area contributed by atoms with Gasteiger partial charge in [-0.2, -0.15) is 0 Å². The maximum Gasteiger partial charge on any atom is 0.183 e. The first-order valence-electron chi connectivity index (χ1n) is 8.25. The largest absolute Gasteiger partial charge is 0.311 e. The molecule has 26 heavy (non-hydrogen) atoms. The highest BCUT2D eigenvalue weighted by atomic mass is 35.5. The highest BCUT2D eigenvalue weighted by molar-refractivity contribution is 7.96. The van der Waals surface area contributed by atoms with E-state index in [2.05, 4.69) is 5.32 Å². The van der Waals surface area contributed by atoms with Gasteiger partial charge in [0.05, 0.1) is 21.7 Å². The summed E-state index contributed by atoms with van der Waals surface area (Å²) in [4.78, 5) is 0.0962. The minimum Gasteiger partial charge on any atom is -0.311 e. The molecule has 0 amide bonds. The van der Waals surface area contributed by atoms with Crippen LogP contribution in [0.2, 0.25) is 5.02 Å². The van der Waals surface area contributed by atoms with Crippen LogP contribution < -0.4 is 5.32 Å². The Hall–Kier alpha value is -1.41. The van der Waals surface area contributed by atoms with E-state index in [0.717, 1.165) is 5.56 Å². The second kappa shape index (κ2) is 7.68. The molecule has 3 rings (SSSR count). The van der Waals surface area contributed by atoms with Crippen LogP contribution in [0.5, 0.6) is 0 Å². The predicted molar refractivity (Wildman–Crippen MR) is 103 cm³/mol. The van der Waals surface area contributed by atoms with Crippen molar-refractivity contribution in [1.29, 1.82) is 0 Å². The minimum absolute atomic E-state index is 0.0962. The fourth-order valence-corrected chi connectivity index (χ4v) is 8.00. The van der Waals surface area contributed by atoms with Crippen molar-refractivity contribution in [3.8, 4) is 0 Å². The maximum atomic E-state index is 12.9. The van der Waals surface area contributed by atoms with E-state index in [0.29, 0.717) is 18.0 Å². The van der Waals surface area contributed by atoms with Gasteiger partial charge in [0.1, 0.15) is 0 Å². The van der Waals surface area contributed by atoms with Gasteiger partial charge in [0.2, 0.25) is 0 Å². The lowest BCUT2D eigenvalue weighted by atomic mass is 10.1. The standard InChI is InChI=1S/C18H20ClNO4S2/c19-15-6-8-16(9-7-15)26(23,24)18-13-25(21,22)12-17(18)20-11-10-14-4-2-1-3-5-14/h1-9,17-18,20H,10-13H2. The zero-order valence-electron chi connectivity index (χ0n) is 14.0. The van der Waals surface area contributed by atoms with Gasteiger partial charge in [-0.25, -0.2) is 16.8 Å². The Morgan fingerprint density at radius 2 is 1.65 bits per heavy atom. The summed E-state index contributed by atoms with van der Waals surface area (Å²) in [7, 11) is -7.18. The number of sulfone groups is 2. The smallest absolute Gasteiger partial charge is 0.183 e. The normalized spacial score (nSPS) is 22.3.